The maximum absolute atomic E-state index is 12.0. The van der Waals surface area contributed by atoms with E-state index in [9.17, 15) is 13.2 Å². The number of carbonyl (C=O) groups is 1. The van der Waals surface area contributed by atoms with Gasteiger partial charge in [0.2, 0.25) is 0 Å². The van der Waals surface area contributed by atoms with Crippen LogP contribution in [0.15, 0.2) is 34.2 Å². The lowest BCUT2D eigenvalue weighted by molar-refractivity contribution is -0.132. The fourth-order valence-corrected chi connectivity index (χ4v) is 3.32. The number of amides is 1. The number of hydroxylamine groups is 1. The van der Waals surface area contributed by atoms with Gasteiger partial charge in [0.1, 0.15) is 11.9 Å². The molecule has 1 amide bonds. The highest BCUT2D eigenvalue weighted by Gasteiger charge is 2.31. The second-order valence-electron chi connectivity index (χ2n) is 4.55. The Morgan fingerprint density at radius 3 is 2.81 bits per heavy atom. The van der Waals surface area contributed by atoms with Crippen LogP contribution in [-0.4, -0.2) is 33.3 Å². The van der Waals surface area contributed by atoms with E-state index in [0.717, 1.165) is 6.42 Å². The van der Waals surface area contributed by atoms with Crippen molar-refractivity contribution in [3.05, 3.63) is 29.8 Å². The molecule has 1 unspecified atom stereocenters. The molecule has 0 saturated heterocycles. The monoisotopic (exact) mass is 311 g/mol. The fraction of sp³-hybridized carbons (Fsp3) is 0.385. The summed E-state index contributed by atoms with van der Waals surface area (Å²) in [5.74, 6) is -0.217. The third-order valence-electron chi connectivity index (χ3n) is 3.02. The molecule has 21 heavy (non-hydrogen) atoms. The molecular formula is C13H17N3O4S. The Labute approximate surface area is 123 Å². The fourth-order valence-electron chi connectivity index (χ4n) is 2.08. The molecule has 0 radical (unpaired) electrons. The summed E-state index contributed by atoms with van der Waals surface area (Å²) in [7, 11) is -2.26. The third-order valence-corrected chi connectivity index (χ3v) is 4.41. The van der Waals surface area contributed by atoms with Gasteiger partial charge in [-0.05, 0) is 18.6 Å². The van der Waals surface area contributed by atoms with Gasteiger partial charge < -0.3 is 0 Å². The Balaban J connectivity index is 2.38. The maximum Gasteiger partial charge on any atom is 0.268 e. The van der Waals surface area contributed by atoms with E-state index >= 15 is 0 Å². The van der Waals surface area contributed by atoms with E-state index in [1.165, 1.54) is 13.2 Å². The van der Waals surface area contributed by atoms with Gasteiger partial charge in [-0.2, -0.15) is 0 Å². The standard InChI is InChI=1S/C13H17N3O4S/c1-3-6-10(13(17)15-20-2)14-12-9-7-4-5-8-11(9)21(18,19)16-12/h4-5,7-8,10H,3,6H2,1-2H3,(H,14,16)(H,15,17). The molecule has 0 aliphatic carbocycles. The predicted octanol–water partition coefficient (Wildman–Crippen LogP) is 0.571. The van der Waals surface area contributed by atoms with E-state index < -0.39 is 22.0 Å². The molecule has 2 rings (SSSR count). The molecule has 1 aliphatic heterocycles. The molecule has 0 spiro atoms. The van der Waals surface area contributed by atoms with Gasteiger partial charge in [-0.25, -0.2) is 13.9 Å². The first-order chi connectivity index (χ1) is 9.99. The lowest BCUT2D eigenvalue weighted by Gasteiger charge is -2.11. The van der Waals surface area contributed by atoms with Gasteiger partial charge in [0.25, 0.3) is 15.9 Å². The number of hydrogen-bond acceptors (Lipinski definition) is 5. The quantitative estimate of drug-likeness (QED) is 0.777. The van der Waals surface area contributed by atoms with Crippen molar-refractivity contribution in [2.45, 2.75) is 30.7 Å². The lowest BCUT2D eigenvalue weighted by atomic mass is 10.1. The molecule has 1 aliphatic rings. The minimum absolute atomic E-state index is 0.172. The van der Waals surface area contributed by atoms with Gasteiger partial charge in [-0.15, -0.1) is 0 Å². The molecule has 1 heterocycles. The zero-order valence-electron chi connectivity index (χ0n) is 11.8. The van der Waals surface area contributed by atoms with E-state index in [1.807, 2.05) is 6.92 Å². The van der Waals surface area contributed by atoms with Crippen molar-refractivity contribution in [1.29, 1.82) is 0 Å². The van der Waals surface area contributed by atoms with Gasteiger partial charge in [-0.3, -0.25) is 19.3 Å². The van der Waals surface area contributed by atoms with Crippen LogP contribution in [0.4, 0.5) is 0 Å². The first-order valence-electron chi connectivity index (χ1n) is 6.52. The largest absolute Gasteiger partial charge is 0.277 e. The summed E-state index contributed by atoms with van der Waals surface area (Å²) in [6, 6.07) is 5.81. The van der Waals surface area contributed by atoms with Gasteiger partial charge in [0.15, 0.2) is 0 Å². The summed E-state index contributed by atoms with van der Waals surface area (Å²) < 4.78 is 26.3. The smallest absolute Gasteiger partial charge is 0.268 e. The van der Waals surface area contributed by atoms with Crippen LogP contribution in [0.3, 0.4) is 0 Å². The van der Waals surface area contributed by atoms with Crippen molar-refractivity contribution in [1.82, 2.24) is 10.2 Å². The van der Waals surface area contributed by atoms with Gasteiger partial charge in [-0.1, -0.05) is 25.5 Å². The van der Waals surface area contributed by atoms with Gasteiger partial charge in [0.05, 0.1) is 12.0 Å². The van der Waals surface area contributed by atoms with E-state index in [1.54, 1.807) is 18.2 Å². The zero-order chi connectivity index (χ0) is 15.5. The highest BCUT2D eigenvalue weighted by atomic mass is 32.2. The Morgan fingerprint density at radius 2 is 2.14 bits per heavy atom. The van der Waals surface area contributed by atoms with Gasteiger partial charge >= 0.3 is 0 Å². The number of rotatable bonds is 5. The summed E-state index contributed by atoms with van der Waals surface area (Å²) >= 11 is 0. The van der Waals surface area contributed by atoms with Crippen molar-refractivity contribution in [2.24, 2.45) is 4.99 Å². The summed E-state index contributed by atoms with van der Waals surface area (Å²) in [5.41, 5.74) is 2.70. The Hall–Kier alpha value is -1.93. The molecular weight excluding hydrogens is 294 g/mol. The van der Waals surface area contributed by atoms with Crippen molar-refractivity contribution < 1.29 is 18.0 Å². The zero-order valence-corrected chi connectivity index (χ0v) is 12.6. The molecule has 1 aromatic rings. The van der Waals surface area contributed by atoms with Crippen LogP contribution in [0.2, 0.25) is 0 Å². The SMILES string of the molecule is CCCC(N=C1NS(=O)(=O)c2ccccc21)C(=O)NOC. The molecule has 0 bridgehead atoms. The van der Waals surface area contributed by atoms with E-state index in [4.69, 9.17) is 0 Å². The molecule has 0 fully saturated rings. The van der Waals surface area contributed by atoms with Gasteiger partial charge in [0, 0.05) is 5.56 Å². The molecule has 2 N–H and O–H groups in total. The minimum Gasteiger partial charge on any atom is -0.277 e. The number of nitrogens with one attached hydrogen (secondary N) is 2. The molecule has 7 nitrogen and oxygen atoms in total. The number of carbonyl (C=O) groups excluding carboxylic acids is 1. The Morgan fingerprint density at radius 1 is 1.43 bits per heavy atom. The van der Waals surface area contributed by atoms with Crippen molar-refractivity contribution in [3.63, 3.8) is 0 Å². The second kappa shape index (κ2) is 6.23. The minimum atomic E-state index is -3.60. The van der Waals surface area contributed by atoms with Crippen molar-refractivity contribution >= 4 is 21.8 Å². The van der Waals surface area contributed by atoms with E-state index in [-0.39, 0.29) is 10.7 Å². The summed E-state index contributed by atoms with van der Waals surface area (Å²) in [6.45, 7) is 1.92. The number of fused-ring (bicyclic) bond motifs is 1. The molecule has 1 aromatic carbocycles. The second-order valence-corrected chi connectivity index (χ2v) is 6.21. The van der Waals surface area contributed by atoms with Crippen LogP contribution >= 0.6 is 0 Å². The van der Waals surface area contributed by atoms with E-state index in [0.29, 0.717) is 12.0 Å². The summed E-state index contributed by atoms with van der Waals surface area (Å²) in [5, 5.41) is 0. The maximum atomic E-state index is 12.0. The number of hydrogen-bond donors (Lipinski definition) is 2. The normalized spacial score (nSPS) is 18.9. The molecule has 8 heteroatoms. The average molecular weight is 311 g/mol. The number of sulfonamides is 1. The Bertz CT molecular complexity index is 670. The van der Waals surface area contributed by atoms with Crippen LogP contribution in [0.5, 0.6) is 0 Å². The third kappa shape index (κ3) is 3.22. The predicted molar refractivity (Wildman–Crippen MR) is 77.1 cm³/mol. The van der Waals surface area contributed by atoms with Crippen molar-refractivity contribution in [3.8, 4) is 0 Å². The van der Waals surface area contributed by atoms with E-state index in [2.05, 4.69) is 20.0 Å². The van der Waals surface area contributed by atoms with Crippen LogP contribution in [0.25, 0.3) is 0 Å². The first kappa shape index (κ1) is 15.5. The highest BCUT2D eigenvalue weighted by Crippen LogP contribution is 2.23. The Kier molecular flexibility index (Phi) is 4.59. The van der Waals surface area contributed by atoms with Crippen LogP contribution < -0.4 is 10.2 Å². The number of nitrogens with zero attached hydrogens (tertiary/aromatic N) is 1. The van der Waals surface area contributed by atoms with Crippen LogP contribution in [0.1, 0.15) is 25.3 Å². The average Bonchev–Trinajstić information content (AvgIpc) is 2.71. The number of aliphatic imine (C=N–C) groups is 1. The van der Waals surface area contributed by atoms with Crippen LogP contribution in [-0.2, 0) is 19.7 Å². The summed E-state index contributed by atoms with van der Waals surface area (Å²) in [6.07, 6.45) is 1.22. The molecule has 0 saturated carbocycles. The highest BCUT2D eigenvalue weighted by molar-refractivity contribution is 7.90. The van der Waals surface area contributed by atoms with Crippen LogP contribution in [0, 0.1) is 0 Å². The lowest BCUT2D eigenvalue weighted by Crippen LogP contribution is -2.35. The number of amidine groups is 1. The molecule has 114 valence electrons. The van der Waals surface area contributed by atoms with Crippen molar-refractivity contribution in [2.75, 3.05) is 7.11 Å². The molecule has 0 aromatic heterocycles. The number of benzene rings is 1. The topological polar surface area (TPSA) is 96.9 Å². The summed E-state index contributed by atoms with van der Waals surface area (Å²) in [4.78, 5) is 20.9. The molecule has 1 atom stereocenters. The first-order valence-corrected chi connectivity index (χ1v) is 8.00.